The summed E-state index contributed by atoms with van der Waals surface area (Å²) in [6, 6.07) is 1.72. The molecule has 1 aromatic heterocycles. The third-order valence-corrected chi connectivity index (χ3v) is 2.42. The van der Waals surface area contributed by atoms with Gasteiger partial charge in [0.05, 0.1) is 29.1 Å². The summed E-state index contributed by atoms with van der Waals surface area (Å²) >= 11 is 0. The highest BCUT2D eigenvalue weighted by atomic mass is 16.3. The molecule has 1 rings (SSSR count). The summed E-state index contributed by atoms with van der Waals surface area (Å²) in [5.74, 6) is -0.223. The Hall–Kier alpha value is -1.49. The first-order chi connectivity index (χ1) is 7.89. The minimum atomic E-state index is -0.640. The Morgan fingerprint density at radius 2 is 2.12 bits per heavy atom. The van der Waals surface area contributed by atoms with Crippen LogP contribution in [0.5, 0.6) is 0 Å². The minimum absolute atomic E-state index is 0.113. The van der Waals surface area contributed by atoms with Gasteiger partial charge in [-0.2, -0.15) is 10.2 Å². The number of hydrogen-bond donors (Lipinski definition) is 2. The second-order valence-electron chi connectivity index (χ2n) is 4.70. The molecule has 1 aromatic rings. The van der Waals surface area contributed by atoms with Crippen molar-refractivity contribution in [2.45, 2.75) is 39.7 Å². The maximum Gasteiger partial charge on any atom is 0.253 e. The van der Waals surface area contributed by atoms with Crippen molar-refractivity contribution in [3.8, 4) is 0 Å². The van der Waals surface area contributed by atoms with Crippen molar-refractivity contribution < 1.29 is 9.90 Å². The number of nitrogens with zero attached hydrogens (tertiary/aromatic N) is 2. The number of aliphatic hydroxyl groups excluding tert-OH is 1. The van der Waals surface area contributed by atoms with Gasteiger partial charge in [-0.3, -0.25) is 4.79 Å². The molecule has 0 saturated heterocycles. The lowest BCUT2D eigenvalue weighted by Crippen LogP contribution is -2.46. The van der Waals surface area contributed by atoms with Crippen LogP contribution in [-0.4, -0.2) is 33.4 Å². The SMILES string of the molecule is CCc1nnc(C)cc1C(=O)NC(C)(C)CO. The topological polar surface area (TPSA) is 75.1 Å². The van der Waals surface area contributed by atoms with Gasteiger partial charge in [-0.1, -0.05) is 6.92 Å². The number of rotatable bonds is 4. The van der Waals surface area contributed by atoms with Crippen LogP contribution in [-0.2, 0) is 6.42 Å². The fourth-order valence-corrected chi connectivity index (χ4v) is 1.39. The molecule has 17 heavy (non-hydrogen) atoms. The number of nitrogens with one attached hydrogen (secondary N) is 1. The maximum atomic E-state index is 12.1. The van der Waals surface area contributed by atoms with E-state index in [1.807, 2.05) is 6.92 Å². The molecule has 5 heteroatoms. The van der Waals surface area contributed by atoms with Gasteiger partial charge in [-0.05, 0) is 33.3 Å². The molecule has 0 atom stereocenters. The van der Waals surface area contributed by atoms with E-state index in [-0.39, 0.29) is 12.5 Å². The fourth-order valence-electron chi connectivity index (χ4n) is 1.39. The van der Waals surface area contributed by atoms with Gasteiger partial charge in [-0.15, -0.1) is 0 Å². The van der Waals surface area contributed by atoms with E-state index in [9.17, 15) is 4.79 Å². The van der Waals surface area contributed by atoms with Crippen LogP contribution < -0.4 is 5.32 Å². The first-order valence-electron chi connectivity index (χ1n) is 5.66. The minimum Gasteiger partial charge on any atom is -0.394 e. The predicted molar refractivity (Wildman–Crippen MR) is 64.8 cm³/mol. The van der Waals surface area contributed by atoms with E-state index in [1.54, 1.807) is 26.8 Å². The third-order valence-electron chi connectivity index (χ3n) is 2.42. The Morgan fingerprint density at radius 3 is 2.65 bits per heavy atom. The molecule has 0 bridgehead atoms. The lowest BCUT2D eigenvalue weighted by atomic mass is 10.0. The maximum absolute atomic E-state index is 12.1. The van der Waals surface area contributed by atoms with E-state index < -0.39 is 5.54 Å². The van der Waals surface area contributed by atoms with E-state index in [1.165, 1.54) is 0 Å². The van der Waals surface area contributed by atoms with Crippen LogP contribution >= 0.6 is 0 Å². The molecule has 0 spiro atoms. The van der Waals surface area contributed by atoms with Gasteiger partial charge in [0.25, 0.3) is 5.91 Å². The summed E-state index contributed by atoms with van der Waals surface area (Å²) in [4.78, 5) is 12.1. The number of carbonyl (C=O) groups is 1. The average Bonchev–Trinajstić information content (AvgIpc) is 2.28. The summed E-state index contributed by atoms with van der Waals surface area (Å²) in [7, 11) is 0. The smallest absolute Gasteiger partial charge is 0.253 e. The molecule has 0 aliphatic heterocycles. The number of amides is 1. The van der Waals surface area contributed by atoms with Gasteiger partial charge in [0, 0.05) is 0 Å². The highest BCUT2D eigenvalue weighted by molar-refractivity contribution is 5.95. The second kappa shape index (κ2) is 5.23. The zero-order valence-corrected chi connectivity index (χ0v) is 10.7. The van der Waals surface area contributed by atoms with E-state index >= 15 is 0 Å². The van der Waals surface area contributed by atoms with Crippen LogP contribution in [0.2, 0.25) is 0 Å². The Kier molecular flexibility index (Phi) is 4.17. The Bertz CT molecular complexity index is 416. The molecular formula is C12H19N3O2. The van der Waals surface area contributed by atoms with Gasteiger partial charge in [0.15, 0.2) is 0 Å². The van der Waals surface area contributed by atoms with Crippen molar-refractivity contribution in [1.82, 2.24) is 15.5 Å². The lowest BCUT2D eigenvalue weighted by Gasteiger charge is -2.23. The van der Waals surface area contributed by atoms with E-state index in [0.29, 0.717) is 23.4 Å². The van der Waals surface area contributed by atoms with Crippen molar-refractivity contribution in [2.75, 3.05) is 6.61 Å². The summed E-state index contributed by atoms with van der Waals surface area (Å²) in [5.41, 5.74) is 1.26. The first kappa shape index (κ1) is 13.6. The molecule has 2 N–H and O–H groups in total. The summed E-state index contributed by atoms with van der Waals surface area (Å²) in [6.45, 7) is 7.13. The molecule has 0 aromatic carbocycles. The van der Waals surface area contributed by atoms with Crippen molar-refractivity contribution in [3.05, 3.63) is 23.0 Å². The lowest BCUT2D eigenvalue weighted by molar-refractivity contribution is 0.0867. The van der Waals surface area contributed by atoms with Gasteiger partial charge in [0.1, 0.15) is 0 Å². The highest BCUT2D eigenvalue weighted by Crippen LogP contribution is 2.10. The number of aromatic nitrogens is 2. The van der Waals surface area contributed by atoms with Gasteiger partial charge in [0.2, 0.25) is 0 Å². The van der Waals surface area contributed by atoms with Crippen molar-refractivity contribution >= 4 is 5.91 Å². The van der Waals surface area contributed by atoms with Crippen molar-refractivity contribution in [2.24, 2.45) is 0 Å². The number of aryl methyl sites for hydroxylation is 2. The molecule has 0 radical (unpaired) electrons. The standard InChI is InChI=1S/C12H19N3O2/c1-5-10-9(6-8(2)14-15-10)11(17)13-12(3,4)7-16/h6,16H,5,7H2,1-4H3,(H,13,17). The zero-order chi connectivity index (χ0) is 13.1. The summed E-state index contributed by atoms with van der Waals surface area (Å²) in [5, 5.41) is 19.8. The number of hydrogen-bond acceptors (Lipinski definition) is 4. The van der Waals surface area contributed by atoms with Crippen LogP contribution in [0.25, 0.3) is 0 Å². The van der Waals surface area contributed by atoms with Crippen LogP contribution in [0.4, 0.5) is 0 Å². The monoisotopic (exact) mass is 237 g/mol. The summed E-state index contributed by atoms with van der Waals surface area (Å²) in [6.07, 6.45) is 0.648. The van der Waals surface area contributed by atoms with E-state index in [4.69, 9.17) is 5.11 Å². The molecule has 5 nitrogen and oxygen atoms in total. The van der Waals surface area contributed by atoms with Gasteiger partial charge in [-0.25, -0.2) is 0 Å². The number of carbonyl (C=O) groups excluding carboxylic acids is 1. The Balaban J connectivity index is 2.99. The van der Waals surface area contributed by atoms with Gasteiger partial charge < -0.3 is 10.4 Å². The summed E-state index contributed by atoms with van der Waals surface area (Å²) < 4.78 is 0. The quantitative estimate of drug-likeness (QED) is 0.814. The van der Waals surface area contributed by atoms with Crippen molar-refractivity contribution in [3.63, 3.8) is 0 Å². The predicted octanol–water partition coefficient (Wildman–Crippen LogP) is 0.848. The van der Waals surface area contributed by atoms with Crippen LogP contribution in [0.3, 0.4) is 0 Å². The average molecular weight is 237 g/mol. The molecule has 0 saturated carbocycles. The Morgan fingerprint density at radius 1 is 1.47 bits per heavy atom. The normalized spacial score (nSPS) is 11.4. The number of aliphatic hydroxyl groups is 1. The van der Waals surface area contributed by atoms with E-state index in [0.717, 1.165) is 0 Å². The van der Waals surface area contributed by atoms with E-state index in [2.05, 4.69) is 15.5 Å². The highest BCUT2D eigenvalue weighted by Gasteiger charge is 2.22. The molecule has 1 heterocycles. The first-order valence-corrected chi connectivity index (χ1v) is 5.66. The molecule has 0 fully saturated rings. The molecule has 0 unspecified atom stereocenters. The molecule has 1 amide bonds. The van der Waals surface area contributed by atoms with Crippen molar-refractivity contribution in [1.29, 1.82) is 0 Å². The van der Waals surface area contributed by atoms with Crippen LogP contribution in [0.15, 0.2) is 6.07 Å². The second-order valence-corrected chi connectivity index (χ2v) is 4.70. The Labute approximate surface area is 101 Å². The third kappa shape index (κ3) is 3.49. The zero-order valence-electron chi connectivity index (χ0n) is 10.7. The largest absolute Gasteiger partial charge is 0.394 e. The molecule has 94 valence electrons. The van der Waals surface area contributed by atoms with Gasteiger partial charge >= 0.3 is 0 Å². The van der Waals surface area contributed by atoms with Crippen LogP contribution in [0, 0.1) is 6.92 Å². The van der Waals surface area contributed by atoms with Crippen LogP contribution in [0.1, 0.15) is 42.5 Å². The molecular weight excluding hydrogens is 218 g/mol. The molecule has 0 aliphatic rings. The fraction of sp³-hybridized carbons (Fsp3) is 0.583. The molecule has 0 aliphatic carbocycles.